The smallest absolute Gasteiger partial charge is 0.307 e. The number of hydrogen-bond donors (Lipinski definition) is 2. The van der Waals surface area contributed by atoms with Crippen molar-refractivity contribution in [1.82, 2.24) is 5.48 Å². The molecule has 0 aliphatic heterocycles. The first-order valence-electron chi connectivity index (χ1n) is 8.47. The maximum Gasteiger partial charge on any atom is 0.307 e. The quantitative estimate of drug-likeness (QED) is 0.304. The summed E-state index contributed by atoms with van der Waals surface area (Å²) in [7, 11) is 1.35. The molecule has 2 N–H and O–H groups in total. The molecule has 0 bridgehead atoms. The average Bonchev–Trinajstić information content (AvgIpc) is 3.05. The number of hydroxylamine groups is 1. The van der Waals surface area contributed by atoms with Crippen LogP contribution in [0.1, 0.15) is 33.1 Å². The lowest BCUT2D eigenvalue weighted by molar-refractivity contribution is -0.142. The number of esters is 1. The molecular weight excluding hydrogens is 310 g/mol. The van der Waals surface area contributed by atoms with Gasteiger partial charge in [0.2, 0.25) is 0 Å². The van der Waals surface area contributed by atoms with Gasteiger partial charge in [0.1, 0.15) is 0 Å². The number of allylic oxidation sites excluding steroid dienone is 3. The molecule has 24 heavy (non-hydrogen) atoms. The van der Waals surface area contributed by atoms with Crippen LogP contribution in [0, 0.1) is 23.7 Å². The van der Waals surface area contributed by atoms with Crippen LogP contribution in [-0.4, -0.2) is 36.7 Å². The van der Waals surface area contributed by atoms with Crippen LogP contribution in [0.15, 0.2) is 23.9 Å². The molecule has 1 saturated carbocycles. The number of nitrogens with one attached hydrogen (secondary N) is 1. The number of fused-ring (bicyclic) bond motifs is 1. The molecule has 0 radical (unpaired) electrons. The average molecular weight is 337 g/mol. The summed E-state index contributed by atoms with van der Waals surface area (Å²) < 4.78 is 4.55. The Morgan fingerprint density at radius 2 is 2.21 bits per heavy atom. The minimum Gasteiger partial charge on any atom is -0.469 e. The van der Waals surface area contributed by atoms with E-state index in [1.165, 1.54) is 7.11 Å². The summed E-state index contributed by atoms with van der Waals surface area (Å²) in [4.78, 5) is 28.1. The largest absolute Gasteiger partial charge is 0.469 e. The van der Waals surface area contributed by atoms with Gasteiger partial charge in [-0.15, -0.1) is 0 Å². The van der Waals surface area contributed by atoms with Crippen LogP contribution in [0.4, 0.5) is 0 Å². The van der Waals surface area contributed by atoms with Crippen molar-refractivity contribution in [3.8, 4) is 0 Å². The van der Waals surface area contributed by atoms with Crippen molar-refractivity contribution in [3.05, 3.63) is 23.9 Å². The van der Waals surface area contributed by atoms with Crippen LogP contribution in [0.5, 0.6) is 0 Å². The van der Waals surface area contributed by atoms with Crippen LogP contribution in [0.3, 0.4) is 0 Å². The third kappa shape index (κ3) is 4.68. The lowest BCUT2D eigenvalue weighted by Gasteiger charge is -2.15. The van der Waals surface area contributed by atoms with Crippen LogP contribution in [-0.2, 0) is 19.2 Å². The highest BCUT2D eigenvalue weighted by Crippen LogP contribution is 2.46. The van der Waals surface area contributed by atoms with E-state index in [0.717, 1.165) is 18.5 Å². The molecule has 134 valence electrons. The van der Waals surface area contributed by atoms with Crippen LogP contribution in [0.25, 0.3) is 0 Å². The van der Waals surface area contributed by atoms with Gasteiger partial charge < -0.3 is 9.84 Å². The molecule has 0 amide bonds. The molecule has 0 spiro atoms. The van der Waals surface area contributed by atoms with E-state index in [1.54, 1.807) is 6.08 Å². The predicted molar refractivity (Wildman–Crippen MR) is 88.5 cm³/mol. The van der Waals surface area contributed by atoms with Crippen LogP contribution < -0.4 is 5.48 Å². The van der Waals surface area contributed by atoms with Crippen molar-refractivity contribution in [3.63, 3.8) is 0 Å². The molecule has 0 aromatic heterocycles. The molecule has 6 nitrogen and oxygen atoms in total. The van der Waals surface area contributed by atoms with Gasteiger partial charge in [-0.3, -0.25) is 19.9 Å². The van der Waals surface area contributed by atoms with Gasteiger partial charge in [0.25, 0.3) is 0 Å². The molecule has 0 aromatic rings. The summed E-state index contributed by atoms with van der Waals surface area (Å²) in [5, 5.41) is 10.2. The lowest BCUT2D eigenvalue weighted by atomic mass is 9.91. The zero-order valence-corrected chi connectivity index (χ0v) is 14.5. The monoisotopic (exact) mass is 337 g/mol. The van der Waals surface area contributed by atoms with Gasteiger partial charge in [0.15, 0.2) is 5.78 Å². The molecule has 0 unspecified atom stereocenters. The van der Waals surface area contributed by atoms with Crippen molar-refractivity contribution in [2.75, 3.05) is 13.7 Å². The number of hydrogen-bond acceptors (Lipinski definition) is 6. The Hall–Kier alpha value is -1.66. The number of ether oxygens (including phenoxy) is 1. The van der Waals surface area contributed by atoms with Gasteiger partial charge in [0.05, 0.1) is 26.2 Å². The molecule has 1 fully saturated rings. The van der Waals surface area contributed by atoms with Crippen LogP contribution >= 0.6 is 0 Å². The molecule has 2 aliphatic rings. The second-order valence-corrected chi connectivity index (χ2v) is 6.81. The summed E-state index contributed by atoms with van der Waals surface area (Å²) >= 11 is 0. The third-order valence-corrected chi connectivity index (χ3v) is 4.74. The van der Waals surface area contributed by atoms with Crippen molar-refractivity contribution in [2.45, 2.75) is 39.2 Å². The molecule has 6 heteroatoms. The van der Waals surface area contributed by atoms with E-state index in [0.29, 0.717) is 5.92 Å². The van der Waals surface area contributed by atoms with E-state index >= 15 is 0 Å². The van der Waals surface area contributed by atoms with Gasteiger partial charge in [0, 0.05) is 17.5 Å². The Labute approximate surface area is 142 Å². The maximum atomic E-state index is 11.8. The summed E-state index contributed by atoms with van der Waals surface area (Å²) in [6.07, 6.45) is 6.86. The highest BCUT2D eigenvalue weighted by Gasteiger charge is 2.43. The Balaban J connectivity index is 1.87. The summed E-state index contributed by atoms with van der Waals surface area (Å²) in [6, 6.07) is 0. The molecule has 0 aromatic carbocycles. The van der Waals surface area contributed by atoms with Gasteiger partial charge in [-0.2, -0.15) is 0 Å². The number of carbonyl (C=O) groups excluding carboxylic acids is 2. The number of ketones is 1. The normalized spacial score (nSPS) is 29.0. The SMILES string of the molecule is COC(=O)CCONC1=C[C@@H]2[C@@H](C1)C[C@H](O)[C@H]2C=CC(=O)C(C)C. The van der Waals surface area contributed by atoms with E-state index in [2.05, 4.69) is 16.3 Å². The first-order chi connectivity index (χ1) is 11.4. The fourth-order valence-corrected chi connectivity index (χ4v) is 3.36. The zero-order chi connectivity index (χ0) is 17.7. The lowest BCUT2D eigenvalue weighted by Crippen LogP contribution is -2.18. The Morgan fingerprint density at radius 3 is 2.88 bits per heavy atom. The number of methoxy groups -OCH3 is 1. The van der Waals surface area contributed by atoms with E-state index < -0.39 is 6.10 Å². The molecule has 0 saturated heterocycles. The Kier molecular flexibility index (Phi) is 6.57. The predicted octanol–water partition coefficient (Wildman–Crippen LogP) is 1.75. The summed E-state index contributed by atoms with van der Waals surface area (Å²) in [5.74, 6) is 0.273. The standard InChI is InChI=1S/C18H27NO5/c1-11(2)16(20)5-4-14-15-10-13(8-12(15)9-17(14)21)19-24-7-6-18(22)23-3/h4-5,10-12,14-15,17,19,21H,6-9H2,1-3H3/t12-,14-,15+,17-/m0/s1. The van der Waals surface area contributed by atoms with Gasteiger partial charge >= 0.3 is 5.97 Å². The zero-order valence-electron chi connectivity index (χ0n) is 14.5. The number of aliphatic hydroxyl groups excluding tert-OH is 1. The number of aliphatic hydroxyl groups is 1. The molecular formula is C18H27NO5. The van der Waals surface area contributed by atoms with E-state index in [-0.39, 0.29) is 42.5 Å². The fourth-order valence-electron chi connectivity index (χ4n) is 3.36. The highest BCUT2D eigenvalue weighted by molar-refractivity contribution is 5.91. The van der Waals surface area contributed by atoms with E-state index in [9.17, 15) is 14.7 Å². The van der Waals surface area contributed by atoms with Gasteiger partial charge in [-0.1, -0.05) is 26.0 Å². The minimum atomic E-state index is -0.408. The number of rotatable bonds is 8. The molecule has 2 aliphatic carbocycles. The summed E-state index contributed by atoms with van der Waals surface area (Å²) in [5.41, 5.74) is 3.86. The van der Waals surface area contributed by atoms with Crippen molar-refractivity contribution in [2.24, 2.45) is 23.7 Å². The number of carbonyl (C=O) groups is 2. The maximum absolute atomic E-state index is 11.8. The Bertz CT molecular complexity index is 526. The second-order valence-electron chi connectivity index (χ2n) is 6.81. The Morgan fingerprint density at radius 1 is 1.46 bits per heavy atom. The van der Waals surface area contributed by atoms with Gasteiger partial charge in [-0.05, 0) is 30.8 Å². The van der Waals surface area contributed by atoms with Crippen molar-refractivity contribution < 1.29 is 24.3 Å². The topological polar surface area (TPSA) is 84.9 Å². The first-order valence-corrected chi connectivity index (χ1v) is 8.47. The summed E-state index contributed by atoms with van der Waals surface area (Å²) in [6.45, 7) is 3.97. The van der Waals surface area contributed by atoms with Crippen LogP contribution in [0.2, 0.25) is 0 Å². The van der Waals surface area contributed by atoms with E-state index in [1.807, 2.05) is 19.9 Å². The van der Waals surface area contributed by atoms with E-state index in [4.69, 9.17) is 4.84 Å². The van der Waals surface area contributed by atoms with Gasteiger partial charge in [-0.25, -0.2) is 0 Å². The first kappa shape index (κ1) is 18.7. The molecule has 0 heterocycles. The molecule has 4 atom stereocenters. The third-order valence-electron chi connectivity index (χ3n) is 4.74. The second kappa shape index (κ2) is 8.44. The fraction of sp³-hybridized carbons (Fsp3) is 0.667. The van der Waals surface area contributed by atoms with Crippen molar-refractivity contribution >= 4 is 11.8 Å². The van der Waals surface area contributed by atoms with Crippen molar-refractivity contribution in [1.29, 1.82) is 0 Å². The minimum absolute atomic E-state index is 0.0323. The molecule has 2 rings (SSSR count). The highest BCUT2D eigenvalue weighted by atomic mass is 16.6.